The number of hydrogen-bond acceptors (Lipinski definition) is 6. The normalized spacial score (nSPS) is 12.0. The standard InChI is InChI=1S/C16H16ClN3O3S2/c1-2-20(25(21,22)11-12-5-3-6-13(17)9-12)10-15-18-16(19-23-15)14-7-4-8-24-14/h3-9H,2,10-11H2,1H3. The maximum Gasteiger partial charge on any atom is 0.242 e. The second-order valence-electron chi connectivity index (χ2n) is 5.30. The predicted octanol–water partition coefficient (Wildman–Crippen LogP) is 3.80. The van der Waals surface area contributed by atoms with Crippen molar-refractivity contribution >= 4 is 33.0 Å². The predicted molar refractivity (Wildman–Crippen MR) is 97.8 cm³/mol. The molecule has 0 saturated heterocycles. The number of halogens is 1. The van der Waals surface area contributed by atoms with Gasteiger partial charge in [-0.05, 0) is 29.1 Å². The minimum atomic E-state index is -3.54. The molecule has 0 unspecified atom stereocenters. The first-order valence-electron chi connectivity index (χ1n) is 7.56. The number of hydrogen-bond donors (Lipinski definition) is 0. The molecule has 0 spiro atoms. The largest absolute Gasteiger partial charge is 0.337 e. The van der Waals surface area contributed by atoms with Gasteiger partial charge in [-0.3, -0.25) is 0 Å². The number of aromatic nitrogens is 2. The third-order valence-corrected chi connectivity index (χ3v) is 6.48. The van der Waals surface area contributed by atoms with Gasteiger partial charge >= 0.3 is 0 Å². The Kier molecular flexibility index (Phi) is 5.53. The van der Waals surface area contributed by atoms with Crippen LogP contribution in [0.5, 0.6) is 0 Å². The molecule has 1 aromatic carbocycles. The average molecular weight is 398 g/mol. The van der Waals surface area contributed by atoms with Crippen molar-refractivity contribution in [2.75, 3.05) is 6.54 Å². The van der Waals surface area contributed by atoms with Crippen molar-refractivity contribution < 1.29 is 12.9 Å². The number of sulfonamides is 1. The lowest BCUT2D eigenvalue weighted by molar-refractivity contribution is 0.321. The van der Waals surface area contributed by atoms with Crippen LogP contribution in [0.4, 0.5) is 0 Å². The van der Waals surface area contributed by atoms with E-state index in [1.807, 2.05) is 17.5 Å². The van der Waals surface area contributed by atoms with Gasteiger partial charge in [-0.15, -0.1) is 11.3 Å². The van der Waals surface area contributed by atoms with Crippen LogP contribution in [0.3, 0.4) is 0 Å². The van der Waals surface area contributed by atoms with E-state index < -0.39 is 10.0 Å². The Labute approximate surface area is 155 Å². The molecule has 0 fully saturated rings. The highest BCUT2D eigenvalue weighted by Crippen LogP contribution is 2.22. The third-order valence-electron chi connectivity index (χ3n) is 3.51. The molecule has 2 aromatic heterocycles. The zero-order chi connectivity index (χ0) is 17.9. The van der Waals surface area contributed by atoms with Crippen LogP contribution in [-0.4, -0.2) is 29.4 Å². The summed E-state index contributed by atoms with van der Waals surface area (Å²) in [6.45, 7) is 2.11. The monoisotopic (exact) mass is 397 g/mol. The zero-order valence-electron chi connectivity index (χ0n) is 13.4. The molecule has 132 valence electrons. The number of benzene rings is 1. The SMILES string of the molecule is CCN(Cc1nc(-c2cccs2)no1)S(=O)(=O)Cc1cccc(Cl)c1. The number of thiophene rings is 1. The van der Waals surface area contributed by atoms with Crippen LogP contribution < -0.4 is 0 Å². The van der Waals surface area contributed by atoms with Crippen LogP contribution in [0.25, 0.3) is 10.7 Å². The summed E-state index contributed by atoms with van der Waals surface area (Å²) in [6.07, 6.45) is 0. The van der Waals surface area contributed by atoms with Gasteiger partial charge < -0.3 is 4.52 Å². The Hall–Kier alpha value is -1.74. The second-order valence-corrected chi connectivity index (χ2v) is 8.65. The van der Waals surface area contributed by atoms with Crippen molar-refractivity contribution in [1.29, 1.82) is 0 Å². The number of rotatable bonds is 7. The molecule has 3 rings (SSSR count). The molecule has 0 saturated carbocycles. The van der Waals surface area contributed by atoms with Gasteiger partial charge in [0.25, 0.3) is 0 Å². The molecule has 9 heteroatoms. The Morgan fingerprint density at radius 2 is 2.12 bits per heavy atom. The van der Waals surface area contributed by atoms with E-state index in [1.54, 1.807) is 31.2 Å². The smallest absolute Gasteiger partial charge is 0.242 e. The summed E-state index contributed by atoms with van der Waals surface area (Å²) in [5, 5.41) is 6.33. The van der Waals surface area contributed by atoms with Gasteiger partial charge in [0.05, 0.1) is 17.2 Å². The van der Waals surface area contributed by atoms with Crippen LogP contribution in [0.2, 0.25) is 5.02 Å². The highest BCUT2D eigenvalue weighted by Gasteiger charge is 2.24. The zero-order valence-corrected chi connectivity index (χ0v) is 15.8. The second kappa shape index (κ2) is 7.65. The molecule has 0 bridgehead atoms. The minimum Gasteiger partial charge on any atom is -0.337 e. The van der Waals surface area contributed by atoms with E-state index in [0.29, 0.717) is 23.0 Å². The molecule has 2 heterocycles. The van der Waals surface area contributed by atoms with Gasteiger partial charge in [-0.25, -0.2) is 8.42 Å². The summed E-state index contributed by atoms with van der Waals surface area (Å²) >= 11 is 7.42. The molecular formula is C16H16ClN3O3S2. The summed E-state index contributed by atoms with van der Waals surface area (Å²) in [5.41, 5.74) is 0.635. The van der Waals surface area contributed by atoms with Gasteiger partial charge in [0.1, 0.15) is 0 Å². The fourth-order valence-corrected chi connectivity index (χ4v) is 4.66. The summed E-state index contributed by atoms with van der Waals surface area (Å²) in [7, 11) is -3.54. The first-order valence-corrected chi connectivity index (χ1v) is 10.4. The number of nitrogens with zero attached hydrogens (tertiary/aromatic N) is 3. The van der Waals surface area contributed by atoms with E-state index in [4.69, 9.17) is 16.1 Å². The molecule has 0 amide bonds. The maximum absolute atomic E-state index is 12.7. The minimum absolute atomic E-state index is 0.0395. The van der Waals surface area contributed by atoms with Crippen LogP contribution >= 0.6 is 22.9 Å². The Balaban J connectivity index is 1.75. The van der Waals surface area contributed by atoms with E-state index in [9.17, 15) is 8.42 Å². The van der Waals surface area contributed by atoms with Crippen molar-refractivity contribution in [3.63, 3.8) is 0 Å². The third kappa shape index (κ3) is 4.46. The molecule has 0 aliphatic rings. The van der Waals surface area contributed by atoms with Crippen LogP contribution in [-0.2, 0) is 22.3 Å². The quantitative estimate of drug-likeness (QED) is 0.606. The summed E-state index contributed by atoms with van der Waals surface area (Å²) in [5.74, 6) is 0.598. The molecule has 0 radical (unpaired) electrons. The van der Waals surface area contributed by atoms with Crippen molar-refractivity contribution in [2.45, 2.75) is 19.2 Å². The van der Waals surface area contributed by atoms with Crippen molar-refractivity contribution in [3.05, 3.63) is 58.3 Å². The van der Waals surface area contributed by atoms with Crippen LogP contribution in [0.15, 0.2) is 46.3 Å². The summed E-state index contributed by atoms with van der Waals surface area (Å²) in [4.78, 5) is 5.16. The first-order chi connectivity index (χ1) is 12.0. The fraction of sp³-hybridized carbons (Fsp3) is 0.250. The topological polar surface area (TPSA) is 76.3 Å². The van der Waals surface area contributed by atoms with Gasteiger partial charge in [0.15, 0.2) is 0 Å². The van der Waals surface area contributed by atoms with Gasteiger partial charge in [-0.1, -0.05) is 41.9 Å². The highest BCUT2D eigenvalue weighted by molar-refractivity contribution is 7.88. The Bertz CT molecular complexity index is 939. The average Bonchev–Trinajstić information content (AvgIpc) is 3.23. The van der Waals surface area contributed by atoms with Gasteiger partial charge in [0.2, 0.25) is 21.7 Å². The van der Waals surface area contributed by atoms with Crippen molar-refractivity contribution in [3.8, 4) is 10.7 Å². The van der Waals surface area contributed by atoms with Crippen molar-refractivity contribution in [1.82, 2.24) is 14.4 Å². The lowest BCUT2D eigenvalue weighted by Crippen LogP contribution is -2.31. The van der Waals surface area contributed by atoms with E-state index >= 15 is 0 Å². The van der Waals surface area contributed by atoms with E-state index in [0.717, 1.165) is 4.88 Å². The summed E-state index contributed by atoms with van der Waals surface area (Å²) < 4.78 is 31.9. The Morgan fingerprint density at radius 3 is 2.80 bits per heavy atom. The molecular weight excluding hydrogens is 382 g/mol. The lowest BCUT2D eigenvalue weighted by Gasteiger charge is -2.18. The lowest BCUT2D eigenvalue weighted by atomic mass is 10.2. The maximum atomic E-state index is 12.7. The molecule has 3 aromatic rings. The molecule has 0 N–H and O–H groups in total. The molecule has 0 atom stereocenters. The van der Waals surface area contributed by atoms with Gasteiger partial charge in [0, 0.05) is 11.6 Å². The molecule has 6 nitrogen and oxygen atoms in total. The van der Waals surface area contributed by atoms with E-state index in [-0.39, 0.29) is 18.2 Å². The molecule has 25 heavy (non-hydrogen) atoms. The van der Waals surface area contributed by atoms with Crippen LogP contribution in [0, 0.1) is 0 Å². The van der Waals surface area contributed by atoms with Crippen LogP contribution in [0.1, 0.15) is 18.4 Å². The van der Waals surface area contributed by atoms with Gasteiger partial charge in [-0.2, -0.15) is 9.29 Å². The molecule has 0 aliphatic carbocycles. The molecule has 0 aliphatic heterocycles. The van der Waals surface area contributed by atoms with E-state index in [1.165, 1.54) is 15.6 Å². The fourth-order valence-electron chi connectivity index (χ4n) is 2.31. The highest BCUT2D eigenvalue weighted by atomic mass is 35.5. The first kappa shape index (κ1) is 18.1. The van der Waals surface area contributed by atoms with E-state index in [2.05, 4.69) is 10.1 Å². The van der Waals surface area contributed by atoms with Crippen molar-refractivity contribution in [2.24, 2.45) is 0 Å². The Morgan fingerprint density at radius 1 is 1.28 bits per heavy atom. The summed E-state index contributed by atoms with van der Waals surface area (Å²) in [6, 6.07) is 10.6.